The van der Waals surface area contributed by atoms with Crippen LogP contribution >= 0.6 is 24.4 Å². The van der Waals surface area contributed by atoms with Gasteiger partial charge < -0.3 is 10.6 Å². The number of allylic oxidation sites excluding steroid dienone is 2. The summed E-state index contributed by atoms with van der Waals surface area (Å²) in [5, 5.41) is 5.45. The molecule has 0 aliphatic carbocycles. The van der Waals surface area contributed by atoms with E-state index in [0.717, 1.165) is 35.9 Å². The average Bonchev–Trinajstić information content (AvgIpc) is 2.56. The molecule has 0 aliphatic heterocycles. The van der Waals surface area contributed by atoms with Crippen molar-refractivity contribution in [3.63, 3.8) is 0 Å². The molecule has 0 radical (unpaired) electrons. The normalized spacial score (nSPS) is 10.2. The monoisotopic (exact) mass is 374 g/mol. The highest BCUT2D eigenvalue weighted by molar-refractivity contribution is 8.14. The van der Waals surface area contributed by atoms with Gasteiger partial charge >= 0.3 is 0 Å². The standard InChI is InChI=1S/C15H24N2O3S2.C2H6/c1-3-7-13(21)10-17-14(19)8-5-4-6-9-16-15(20)11-22-12(2)18;1-2/h3,7,21H,1,4-6,8-11H2,2H3,(H,16,20)(H,17,19);1-2H3/b13-7-;. The number of carbonyl (C=O) groups is 3. The van der Waals surface area contributed by atoms with Crippen LogP contribution in [0.15, 0.2) is 23.6 Å². The molecule has 0 aromatic rings. The number of thiol groups is 1. The van der Waals surface area contributed by atoms with Crippen molar-refractivity contribution in [3.05, 3.63) is 23.6 Å². The molecule has 0 bridgehead atoms. The topological polar surface area (TPSA) is 75.3 Å². The second-order valence-electron chi connectivity index (χ2n) is 4.61. The number of hydrogen-bond donors (Lipinski definition) is 3. The number of thioether (sulfide) groups is 1. The Morgan fingerprint density at radius 2 is 1.75 bits per heavy atom. The van der Waals surface area contributed by atoms with E-state index in [4.69, 9.17) is 0 Å². The molecule has 5 nitrogen and oxygen atoms in total. The second kappa shape index (κ2) is 18.1. The Kier molecular flexibility index (Phi) is 18.9. The van der Waals surface area contributed by atoms with E-state index in [1.165, 1.54) is 6.92 Å². The van der Waals surface area contributed by atoms with Gasteiger partial charge in [-0.15, -0.1) is 12.6 Å². The molecule has 7 heteroatoms. The average molecular weight is 375 g/mol. The smallest absolute Gasteiger partial charge is 0.230 e. The van der Waals surface area contributed by atoms with Gasteiger partial charge in [0.25, 0.3) is 0 Å². The van der Waals surface area contributed by atoms with E-state index in [9.17, 15) is 14.4 Å². The Balaban J connectivity index is 0. The highest BCUT2D eigenvalue weighted by Gasteiger charge is 2.04. The minimum Gasteiger partial charge on any atom is -0.355 e. The summed E-state index contributed by atoms with van der Waals surface area (Å²) in [6.07, 6.45) is 6.27. The largest absolute Gasteiger partial charge is 0.355 e. The molecule has 0 unspecified atom stereocenters. The van der Waals surface area contributed by atoms with Crippen molar-refractivity contribution in [2.45, 2.75) is 46.5 Å². The van der Waals surface area contributed by atoms with Crippen molar-refractivity contribution < 1.29 is 14.4 Å². The molecule has 0 aliphatic rings. The molecule has 138 valence electrons. The van der Waals surface area contributed by atoms with Crippen molar-refractivity contribution in [1.82, 2.24) is 10.6 Å². The molecule has 0 saturated carbocycles. The molecular formula is C17H30N2O3S2. The van der Waals surface area contributed by atoms with E-state index in [-0.39, 0.29) is 22.7 Å². The van der Waals surface area contributed by atoms with Gasteiger partial charge in [0.05, 0.1) is 5.75 Å². The van der Waals surface area contributed by atoms with Crippen LogP contribution in [0.3, 0.4) is 0 Å². The lowest BCUT2D eigenvalue weighted by molar-refractivity contribution is -0.121. The molecule has 0 rings (SSSR count). The van der Waals surface area contributed by atoms with Crippen molar-refractivity contribution in [2.24, 2.45) is 0 Å². The van der Waals surface area contributed by atoms with Crippen LogP contribution in [-0.2, 0) is 14.4 Å². The number of hydrogen-bond acceptors (Lipinski definition) is 5. The zero-order valence-electron chi connectivity index (χ0n) is 14.9. The van der Waals surface area contributed by atoms with Crippen LogP contribution in [0.4, 0.5) is 0 Å². The molecular weight excluding hydrogens is 344 g/mol. The third kappa shape index (κ3) is 18.8. The predicted molar refractivity (Wildman–Crippen MR) is 106 cm³/mol. The Bertz CT molecular complexity index is 424. The number of amides is 2. The van der Waals surface area contributed by atoms with Gasteiger partial charge in [-0.2, -0.15) is 0 Å². The second-order valence-corrected chi connectivity index (χ2v) is 6.34. The van der Waals surface area contributed by atoms with Gasteiger partial charge in [0.1, 0.15) is 0 Å². The van der Waals surface area contributed by atoms with Crippen LogP contribution in [0.1, 0.15) is 46.5 Å². The number of nitrogens with one attached hydrogen (secondary N) is 2. The van der Waals surface area contributed by atoms with Gasteiger partial charge in [-0.05, 0) is 12.8 Å². The van der Waals surface area contributed by atoms with Crippen molar-refractivity contribution in [1.29, 1.82) is 0 Å². The van der Waals surface area contributed by atoms with Crippen molar-refractivity contribution in [2.75, 3.05) is 18.8 Å². The summed E-state index contributed by atoms with van der Waals surface area (Å²) < 4.78 is 0. The van der Waals surface area contributed by atoms with Crippen molar-refractivity contribution in [3.8, 4) is 0 Å². The van der Waals surface area contributed by atoms with Gasteiger partial charge in [0, 0.05) is 31.3 Å². The third-order valence-electron chi connectivity index (χ3n) is 2.59. The molecule has 0 heterocycles. The summed E-state index contributed by atoms with van der Waals surface area (Å²) in [4.78, 5) is 34.3. The van der Waals surface area contributed by atoms with Gasteiger partial charge in [-0.1, -0.05) is 50.8 Å². The lowest BCUT2D eigenvalue weighted by Crippen LogP contribution is -2.26. The van der Waals surface area contributed by atoms with Gasteiger partial charge in [-0.3, -0.25) is 14.4 Å². The first-order valence-electron chi connectivity index (χ1n) is 8.13. The lowest BCUT2D eigenvalue weighted by Gasteiger charge is -2.06. The predicted octanol–water partition coefficient (Wildman–Crippen LogP) is 3.08. The fraction of sp³-hybridized carbons (Fsp3) is 0.588. The van der Waals surface area contributed by atoms with E-state index in [0.29, 0.717) is 19.5 Å². The van der Waals surface area contributed by atoms with Crippen LogP contribution in [-0.4, -0.2) is 35.8 Å². The minimum absolute atomic E-state index is 0.00842. The maximum Gasteiger partial charge on any atom is 0.230 e. The van der Waals surface area contributed by atoms with Crippen LogP contribution in [0.2, 0.25) is 0 Å². The molecule has 24 heavy (non-hydrogen) atoms. The van der Waals surface area contributed by atoms with Gasteiger partial charge in [-0.25, -0.2) is 0 Å². The van der Waals surface area contributed by atoms with Gasteiger partial charge in [0.15, 0.2) is 5.12 Å². The fourth-order valence-electron chi connectivity index (χ4n) is 1.51. The van der Waals surface area contributed by atoms with E-state index in [1.54, 1.807) is 12.2 Å². The Morgan fingerprint density at radius 1 is 1.08 bits per heavy atom. The first-order chi connectivity index (χ1) is 11.5. The highest BCUT2D eigenvalue weighted by atomic mass is 32.2. The van der Waals surface area contributed by atoms with Crippen LogP contribution in [0.5, 0.6) is 0 Å². The Labute approximate surface area is 155 Å². The first kappa shape index (κ1) is 25.0. The lowest BCUT2D eigenvalue weighted by atomic mass is 10.2. The zero-order chi connectivity index (χ0) is 18.8. The Morgan fingerprint density at radius 3 is 2.33 bits per heavy atom. The van der Waals surface area contributed by atoms with E-state index >= 15 is 0 Å². The fourth-order valence-corrected chi connectivity index (χ4v) is 2.13. The molecule has 2 N–H and O–H groups in total. The van der Waals surface area contributed by atoms with Crippen LogP contribution in [0, 0.1) is 0 Å². The summed E-state index contributed by atoms with van der Waals surface area (Å²) in [6.45, 7) is 9.98. The van der Waals surface area contributed by atoms with E-state index < -0.39 is 0 Å². The molecule has 0 aromatic carbocycles. The summed E-state index contributed by atoms with van der Waals surface area (Å²) in [6, 6.07) is 0. The minimum atomic E-state index is -0.131. The molecule has 0 spiro atoms. The van der Waals surface area contributed by atoms with E-state index in [1.807, 2.05) is 13.8 Å². The summed E-state index contributed by atoms with van der Waals surface area (Å²) in [5.41, 5.74) is 0. The zero-order valence-corrected chi connectivity index (χ0v) is 16.6. The number of unbranched alkanes of at least 4 members (excludes halogenated alkanes) is 2. The summed E-state index contributed by atoms with van der Waals surface area (Å²) in [7, 11) is 0. The number of carbonyl (C=O) groups excluding carboxylic acids is 3. The molecule has 0 fully saturated rings. The first-order valence-corrected chi connectivity index (χ1v) is 9.56. The molecule has 0 atom stereocenters. The molecule has 0 aromatic heterocycles. The Hall–Kier alpha value is -1.21. The van der Waals surface area contributed by atoms with Gasteiger partial charge in [0.2, 0.25) is 11.8 Å². The molecule has 2 amide bonds. The van der Waals surface area contributed by atoms with E-state index in [2.05, 4.69) is 29.8 Å². The summed E-state index contributed by atoms with van der Waals surface area (Å²) in [5.74, 6) is 0.0290. The SMILES string of the molecule is C=C/C=C(\S)CNC(=O)CCCCCNC(=O)CSC(C)=O.CC. The van der Waals surface area contributed by atoms with Crippen LogP contribution < -0.4 is 10.6 Å². The summed E-state index contributed by atoms with van der Waals surface area (Å²) >= 11 is 5.18. The van der Waals surface area contributed by atoms with Crippen LogP contribution in [0.25, 0.3) is 0 Å². The quantitative estimate of drug-likeness (QED) is 0.295. The third-order valence-corrected chi connectivity index (χ3v) is 3.71. The van der Waals surface area contributed by atoms with Crippen molar-refractivity contribution >= 4 is 41.3 Å². The highest BCUT2D eigenvalue weighted by Crippen LogP contribution is 2.02. The maximum absolute atomic E-state index is 11.5. The molecule has 0 saturated heterocycles. The maximum atomic E-state index is 11.5. The number of rotatable bonds is 11.